The Morgan fingerprint density at radius 3 is 2.40 bits per heavy atom. The molecule has 2 rings (SSSR count). The topological polar surface area (TPSA) is 18.5 Å². The molecule has 0 aliphatic carbocycles. The molecule has 2 heterocycles. The summed E-state index contributed by atoms with van der Waals surface area (Å²) in [4.78, 5) is 5.19. The van der Waals surface area contributed by atoms with E-state index in [0.717, 1.165) is 6.04 Å². The molecule has 2 saturated heterocycles. The van der Waals surface area contributed by atoms with Crippen molar-refractivity contribution in [1.29, 1.82) is 0 Å². The fourth-order valence-electron chi connectivity index (χ4n) is 2.84. The van der Waals surface area contributed by atoms with Crippen LogP contribution in [0.25, 0.3) is 0 Å². The Morgan fingerprint density at radius 2 is 1.80 bits per heavy atom. The van der Waals surface area contributed by atoms with E-state index in [1.54, 1.807) is 0 Å². The van der Waals surface area contributed by atoms with Gasteiger partial charge in [0.1, 0.15) is 0 Å². The first-order chi connectivity index (χ1) is 7.09. The molecular formula is C12H25N3. The second-order valence-corrected chi connectivity index (χ2v) is 5.67. The monoisotopic (exact) mass is 211 g/mol. The molecule has 0 spiro atoms. The standard InChI is InChI=1S/C12H25N3/c1-12(2)10-11(4-7-14(12)3)15-8-5-13-6-9-15/h11,13H,4-10H2,1-3H3. The van der Waals surface area contributed by atoms with Crippen LogP contribution in [0.15, 0.2) is 0 Å². The lowest BCUT2D eigenvalue weighted by molar-refractivity contribution is 0.0307. The summed E-state index contributed by atoms with van der Waals surface area (Å²) in [5.74, 6) is 0. The van der Waals surface area contributed by atoms with Gasteiger partial charge in [-0.2, -0.15) is 0 Å². The second-order valence-electron chi connectivity index (χ2n) is 5.67. The van der Waals surface area contributed by atoms with Crippen molar-refractivity contribution in [3.05, 3.63) is 0 Å². The summed E-state index contributed by atoms with van der Waals surface area (Å²) in [6, 6.07) is 0.818. The SMILES string of the molecule is CN1CCC(N2CCNCC2)CC1(C)C. The molecule has 0 aromatic rings. The van der Waals surface area contributed by atoms with Crippen molar-refractivity contribution in [2.24, 2.45) is 0 Å². The number of hydrogen-bond acceptors (Lipinski definition) is 3. The van der Waals surface area contributed by atoms with Gasteiger partial charge in [0.05, 0.1) is 0 Å². The minimum atomic E-state index is 0.383. The van der Waals surface area contributed by atoms with E-state index in [0.29, 0.717) is 5.54 Å². The van der Waals surface area contributed by atoms with Crippen LogP contribution in [0.4, 0.5) is 0 Å². The number of likely N-dealkylation sites (tertiary alicyclic amines) is 1. The second kappa shape index (κ2) is 4.40. The van der Waals surface area contributed by atoms with Gasteiger partial charge in [-0.25, -0.2) is 0 Å². The van der Waals surface area contributed by atoms with Gasteiger partial charge in [-0.15, -0.1) is 0 Å². The largest absolute Gasteiger partial charge is 0.314 e. The molecule has 3 nitrogen and oxygen atoms in total. The summed E-state index contributed by atoms with van der Waals surface area (Å²) in [6.07, 6.45) is 2.67. The van der Waals surface area contributed by atoms with Crippen LogP contribution >= 0.6 is 0 Å². The fraction of sp³-hybridized carbons (Fsp3) is 1.00. The zero-order chi connectivity index (χ0) is 10.9. The lowest BCUT2D eigenvalue weighted by Gasteiger charge is -2.47. The number of nitrogens with zero attached hydrogens (tertiary/aromatic N) is 2. The van der Waals surface area contributed by atoms with Crippen LogP contribution in [0, 0.1) is 0 Å². The average Bonchev–Trinajstić information content (AvgIpc) is 2.23. The smallest absolute Gasteiger partial charge is 0.0165 e. The fourth-order valence-corrected chi connectivity index (χ4v) is 2.84. The molecule has 0 saturated carbocycles. The maximum absolute atomic E-state index is 3.43. The molecule has 1 N–H and O–H groups in total. The van der Waals surface area contributed by atoms with Crippen LogP contribution in [-0.2, 0) is 0 Å². The number of hydrogen-bond donors (Lipinski definition) is 1. The Labute approximate surface area is 93.8 Å². The molecule has 0 amide bonds. The molecule has 2 fully saturated rings. The Bertz CT molecular complexity index is 209. The molecule has 0 aromatic carbocycles. The maximum Gasteiger partial charge on any atom is 0.0165 e. The third-order valence-corrected chi connectivity index (χ3v) is 4.23. The van der Waals surface area contributed by atoms with Crippen LogP contribution in [0.3, 0.4) is 0 Å². The van der Waals surface area contributed by atoms with Gasteiger partial charge in [0, 0.05) is 37.8 Å². The van der Waals surface area contributed by atoms with Crippen molar-refractivity contribution in [3.8, 4) is 0 Å². The Balaban J connectivity index is 1.93. The number of rotatable bonds is 1. The van der Waals surface area contributed by atoms with Crippen LogP contribution in [0.1, 0.15) is 26.7 Å². The normalized spacial score (nSPS) is 34.2. The van der Waals surface area contributed by atoms with E-state index >= 15 is 0 Å². The molecule has 2 aliphatic heterocycles. The minimum Gasteiger partial charge on any atom is -0.314 e. The summed E-state index contributed by atoms with van der Waals surface area (Å²) >= 11 is 0. The summed E-state index contributed by atoms with van der Waals surface area (Å²) in [5.41, 5.74) is 0.383. The summed E-state index contributed by atoms with van der Waals surface area (Å²) < 4.78 is 0. The Kier molecular flexibility index (Phi) is 3.33. The molecule has 0 bridgehead atoms. The summed E-state index contributed by atoms with van der Waals surface area (Å²) in [6.45, 7) is 10.8. The van der Waals surface area contributed by atoms with E-state index in [1.807, 2.05) is 0 Å². The minimum absolute atomic E-state index is 0.383. The highest BCUT2D eigenvalue weighted by molar-refractivity contribution is 4.92. The van der Waals surface area contributed by atoms with Gasteiger partial charge in [0.2, 0.25) is 0 Å². The van der Waals surface area contributed by atoms with E-state index in [-0.39, 0.29) is 0 Å². The van der Waals surface area contributed by atoms with Crippen molar-refractivity contribution in [3.63, 3.8) is 0 Å². The predicted octanol–water partition coefficient (Wildman–Crippen LogP) is 0.764. The molecule has 2 aliphatic rings. The van der Waals surface area contributed by atoms with Gasteiger partial charge in [-0.3, -0.25) is 4.90 Å². The van der Waals surface area contributed by atoms with Crippen LogP contribution in [0.2, 0.25) is 0 Å². The van der Waals surface area contributed by atoms with Crippen molar-refractivity contribution in [1.82, 2.24) is 15.1 Å². The van der Waals surface area contributed by atoms with Gasteiger partial charge >= 0.3 is 0 Å². The molecule has 1 atom stereocenters. The number of piperazine rings is 1. The highest BCUT2D eigenvalue weighted by atomic mass is 15.2. The molecule has 3 heteroatoms. The van der Waals surface area contributed by atoms with Gasteiger partial charge in [0.25, 0.3) is 0 Å². The van der Waals surface area contributed by atoms with Gasteiger partial charge in [-0.05, 0) is 40.3 Å². The zero-order valence-corrected chi connectivity index (χ0v) is 10.4. The van der Waals surface area contributed by atoms with Crippen LogP contribution in [-0.4, -0.2) is 61.2 Å². The first-order valence-corrected chi connectivity index (χ1v) is 6.25. The molecular weight excluding hydrogens is 186 g/mol. The van der Waals surface area contributed by atoms with Crippen molar-refractivity contribution >= 4 is 0 Å². The van der Waals surface area contributed by atoms with E-state index in [1.165, 1.54) is 45.6 Å². The van der Waals surface area contributed by atoms with E-state index in [9.17, 15) is 0 Å². The van der Waals surface area contributed by atoms with Crippen molar-refractivity contribution in [2.45, 2.75) is 38.3 Å². The maximum atomic E-state index is 3.43. The average molecular weight is 211 g/mol. The van der Waals surface area contributed by atoms with E-state index in [4.69, 9.17) is 0 Å². The molecule has 0 aromatic heterocycles. The quantitative estimate of drug-likeness (QED) is 0.691. The Morgan fingerprint density at radius 1 is 1.13 bits per heavy atom. The number of piperidine rings is 1. The predicted molar refractivity (Wildman–Crippen MR) is 64.2 cm³/mol. The van der Waals surface area contributed by atoms with Crippen LogP contribution < -0.4 is 5.32 Å². The lowest BCUT2D eigenvalue weighted by atomic mass is 9.86. The lowest BCUT2D eigenvalue weighted by Crippen LogP contribution is -2.57. The third kappa shape index (κ3) is 2.52. The summed E-state index contributed by atoms with van der Waals surface area (Å²) in [5, 5.41) is 3.43. The van der Waals surface area contributed by atoms with Crippen LogP contribution in [0.5, 0.6) is 0 Å². The highest BCUT2D eigenvalue weighted by Crippen LogP contribution is 2.28. The van der Waals surface area contributed by atoms with Crippen molar-refractivity contribution in [2.75, 3.05) is 39.8 Å². The van der Waals surface area contributed by atoms with Crippen molar-refractivity contribution < 1.29 is 0 Å². The Hall–Kier alpha value is -0.120. The molecule has 88 valence electrons. The zero-order valence-electron chi connectivity index (χ0n) is 10.4. The van der Waals surface area contributed by atoms with Gasteiger partial charge < -0.3 is 10.2 Å². The highest BCUT2D eigenvalue weighted by Gasteiger charge is 2.35. The summed E-state index contributed by atoms with van der Waals surface area (Å²) in [7, 11) is 2.26. The molecule has 15 heavy (non-hydrogen) atoms. The molecule has 1 unspecified atom stereocenters. The first-order valence-electron chi connectivity index (χ1n) is 6.25. The molecule has 0 radical (unpaired) electrons. The third-order valence-electron chi connectivity index (χ3n) is 4.23. The van der Waals surface area contributed by atoms with E-state index < -0.39 is 0 Å². The first kappa shape index (κ1) is 11.4. The van der Waals surface area contributed by atoms with Gasteiger partial charge in [0.15, 0.2) is 0 Å². The number of nitrogens with one attached hydrogen (secondary N) is 1. The van der Waals surface area contributed by atoms with E-state index in [2.05, 4.69) is 36.0 Å². The van der Waals surface area contributed by atoms with Gasteiger partial charge in [-0.1, -0.05) is 0 Å².